The summed E-state index contributed by atoms with van der Waals surface area (Å²) in [6.07, 6.45) is 18.2. The maximum absolute atomic E-state index is 4.31. The lowest BCUT2D eigenvalue weighted by atomic mass is 9.92. The molecule has 2 aliphatic rings. The minimum Gasteiger partial charge on any atom is -0.293 e. The second kappa shape index (κ2) is 22.4. The third kappa shape index (κ3) is 12.3. The van der Waals surface area contributed by atoms with Crippen molar-refractivity contribution in [2.75, 3.05) is 7.05 Å². The summed E-state index contributed by atoms with van der Waals surface area (Å²) < 4.78 is 0. The Morgan fingerprint density at radius 3 is 1.43 bits per heavy atom. The Morgan fingerprint density at radius 1 is 0.448 bits per heavy atom. The predicted molar refractivity (Wildman–Crippen MR) is 257 cm³/mol. The highest BCUT2D eigenvalue weighted by molar-refractivity contribution is 5.99. The summed E-state index contributed by atoms with van der Waals surface area (Å²) in [5.74, 6) is 0. The van der Waals surface area contributed by atoms with Crippen molar-refractivity contribution in [3.05, 3.63) is 223 Å². The zero-order chi connectivity index (χ0) is 41.1. The molecule has 292 valence electrons. The molecule has 0 saturated heterocycles. The second-order valence-corrected chi connectivity index (χ2v) is 14.4. The molecule has 1 nitrogen and oxygen atoms in total. The first-order valence-corrected chi connectivity index (χ1v) is 20.7. The number of benzene rings is 6. The molecule has 0 amide bonds. The van der Waals surface area contributed by atoms with Crippen LogP contribution >= 0.6 is 0 Å². The summed E-state index contributed by atoms with van der Waals surface area (Å²) in [6, 6.07) is 53.8. The molecule has 0 fully saturated rings. The molecule has 0 N–H and O–H groups in total. The summed E-state index contributed by atoms with van der Waals surface area (Å²) >= 11 is 0. The van der Waals surface area contributed by atoms with Crippen LogP contribution in [0.15, 0.2) is 200 Å². The number of nitrogens with zero attached hydrogens (tertiary/aromatic N) is 1. The third-order valence-electron chi connectivity index (χ3n) is 10.2. The molecule has 6 aromatic carbocycles. The van der Waals surface area contributed by atoms with Gasteiger partial charge in [0.05, 0.1) is 0 Å². The maximum atomic E-state index is 4.31. The molecular formula is C57H59N. The largest absolute Gasteiger partial charge is 0.293 e. The van der Waals surface area contributed by atoms with Gasteiger partial charge in [0.25, 0.3) is 0 Å². The van der Waals surface area contributed by atoms with Crippen molar-refractivity contribution < 1.29 is 0 Å². The van der Waals surface area contributed by atoms with Gasteiger partial charge in [0.15, 0.2) is 0 Å². The van der Waals surface area contributed by atoms with E-state index < -0.39 is 0 Å². The number of hydrogen-bond acceptors (Lipinski definition) is 1. The number of rotatable bonds is 7. The molecule has 1 heteroatoms. The van der Waals surface area contributed by atoms with E-state index in [-0.39, 0.29) is 0 Å². The number of allylic oxidation sites excluding steroid dienone is 9. The number of aliphatic imine (C=N–C) groups is 1. The fourth-order valence-electron chi connectivity index (χ4n) is 6.81. The highest BCUT2D eigenvalue weighted by Gasteiger charge is 2.09. The van der Waals surface area contributed by atoms with Crippen LogP contribution in [0.4, 0.5) is 0 Å². The zero-order valence-corrected chi connectivity index (χ0v) is 35.4. The van der Waals surface area contributed by atoms with Crippen LogP contribution in [0.1, 0.15) is 81.2 Å². The van der Waals surface area contributed by atoms with Crippen molar-refractivity contribution in [3.8, 4) is 33.4 Å². The molecule has 58 heavy (non-hydrogen) atoms. The Labute approximate surface area is 349 Å². The Bertz CT molecular complexity index is 2380. The highest BCUT2D eigenvalue weighted by atomic mass is 14.7. The SMILES string of the molecule is C=C(C)c1cc(C2=CCCC=C2)cc(-c2ccccc2)c1.CC.CN=C(C)c1cccc(-c2cccc(-c3ccc(C4=CCCC=C4)cc3)c2)c1.Cc1ccccc1. The third-order valence-corrected chi connectivity index (χ3v) is 10.2. The molecule has 0 aromatic heterocycles. The molecule has 0 unspecified atom stereocenters. The number of hydrogen-bond donors (Lipinski definition) is 0. The fourth-order valence-corrected chi connectivity index (χ4v) is 6.81. The normalized spacial score (nSPS) is 13.0. The standard InChI is InChI=1S/C27H25N.C21H20.C7H8.C2H6/c1-20(28-2)24-10-6-12-26(18-24)27-13-7-11-25(19-27)23-16-14-22(15-17-23)21-8-4-3-5-9-21;1-16(2)19-13-20(17-9-5-3-6-10-17)15-21(14-19)18-11-7-4-8-12-18;1-7-5-3-2-4-6-7;1-2/h4,6-19H,3,5H2,1-2H3;3,5-7,9-15H,1,4,8H2,2H3;2-6H,1H3;1-2H3. The van der Waals surface area contributed by atoms with E-state index in [1.54, 1.807) is 0 Å². The molecular weight excluding hydrogens is 699 g/mol. The van der Waals surface area contributed by atoms with Crippen LogP contribution in [-0.4, -0.2) is 12.8 Å². The maximum Gasteiger partial charge on any atom is 0.0386 e. The van der Waals surface area contributed by atoms with Gasteiger partial charge >= 0.3 is 0 Å². The van der Waals surface area contributed by atoms with Gasteiger partial charge in [0, 0.05) is 12.8 Å². The van der Waals surface area contributed by atoms with E-state index >= 15 is 0 Å². The Hall–Kier alpha value is -6.31. The molecule has 0 radical (unpaired) electrons. The van der Waals surface area contributed by atoms with Crippen molar-refractivity contribution in [2.45, 2.75) is 60.3 Å². The quantitative estimate of drug-likeness (QED) is 0.144. The van der Waals surface area contributed by atoms with Gasteiger partial charge in [0.2, 0.25) is 0 Å². The van der Waals surface area contributed by atoms with E-state index in [1.807, 2.05) is 46.0 Å². The molecule has 2 aliphatic carbocycles. The van der Waals surface area contributed by atoms with E-state index in [1.165, 1.54) is 72.3 Å². The van der Waals surface area contributed by atoms with E-state index in [0.717, 1.165) is 37.0 Å². The minimum absolute atomic E-state index is 1.06. The minimum atomic E-state index is 1.06. The lowest BCUT2D eigenvalue weighted by molar-refractivity contribution is 1.04. The van der Waals surface area contributed by atoms with E-state index in [4.69, 9.17) is 0 Å². The van der Waals surface area contributed by atoms with E-state index in [9.17, 15) is 0 Å². The van der Waals surface area contributed by atoms with Crippen LogP contribution in [0.5, 0.6) is 0 Å². The van der Waals surface area contributed by atoms with E-state index in [0.29, 0.717) is 0 Å². The lowest BCUT2D eigenvalue weighted by Gasteiger charge is -2.13. The second-order valence-electron chi connectivity index (χ2n) is 14.4. The smallest absolute Gasteiger partial charge is 0.0386 e. The molecule has 0 spiro atoms. The molecule has 8 rings (SSSR count). The first-order chi connectivity index (χ1) is 28.4. The highest BCUT2D eigenvalue weighted by Crippen LogP contribution is 2.31. The molecule has 0 atom stereocenters. The van der Waals surface area contributed by atoms with Gasteiger partial charge in [-0.2, -0.15) is 0 Å². The summed E-state index contributed by atoms with van der Waals surface area (Å²) in [5.41, 5.74) is 18.5. The van der Waals surface area contributed by atoms with Gasteiger partial charge in [-0.1, -0.05) is 189 Å². The van der Waals surface area contributed by atoms with Gasteiger partial charge in [-0.25, -0.2) is 0 Å². The van der Waals surface area contributed by atoms with Crippen LogP contribution in [-0.2, 0) is 0 Å². The predicted octanol–water partition coefficient (Wildman–Crippen LogP) is 16.3. The zero-order valence-electron chi connectivity index (χ0n) is 35.4. The van der Waals surface area contributed by atoms with Crippen molar-refractivity contribution in [3.63, 3.8) is 0 Å². The first-order valence-electron chi connectivity index (χ1n) is 20.7. The first kappa shape index (κ1) is 42.8. The fraction of sp³-hybridized carbons (Fsp3) is 0.175. The van der Waals surface area contributed by atoms with Crippen molar-refractivity contribution in [1.29, 1.82) is 0 Å². The average molecular weight is 758 g/mol. The van der Waals surface area contributed by atoms with Crippen LogP contribution in [0.2, 0.25) is 0 Å². The topological polar surface area (TPSA) is 12.4 Å². The summed E-state index contributed by atoms with van der Waals surface area (Å²) in [7, 11) is 1.84. The lowest BCUT2D eigenvalue weighted by Crippen LogP contribution is -1.94. The van der Waals surface area contributed by atoms with Crippen molar-refractivity contribution >= 4 is 22.4 Å². The summed E-state index contributed by atoms with van der Waals surface area (Å²) in [5, 5.41) is 0. The molecule has 0 saturated carbocycles. The van der Waals surface area contributed by atoms with Gasteiger partial charge in [-0.3, -0.25) is 4.99 Å². The Morgan fingerprint density at radius 2 is 0.897 bits per heavy atom. The van der Waals surface area contributed by atoms with Crippen LogP contribution in [0, 0.1) is 6.92 Å². The molecule has 6 aromatic rings. The van der Waals surface area contributed by atoms with Gasteiger partial charge in [0.1, 0.15) is 0 Å². The Balaban J connectivity index is 0.000000187. The average Bonchev–Trinajstić information content (AvgIpc) is 3.31. The molecule has 0 aliphatic heterocycles. The van der Waals surface area contributed by atoms with Gasteiger partial charge in [-0.05, 0) is 144 Å². The monoisotopic (exact) mass is 757 g/mol. The summed E-state index contributed by atoms with van der Waals surface area (Å²) in [4.78, 5) is 4.31. The van der Waals surface area contributed by atoms with Crippen LogP contribution < -0.4 is 0 Å². The van der Waals surface area contributed by atoms with Gasteiger partial charge < -0.3 is 0 Å². The molecule has 0 bridgehead atoms. The van der Waals surface area contributed by atoms with Crippen LogP contribution in [0.25, 0.3) is 50.1 Å². The molecule has 0 heterocycles. The Kier molecular flexibility index (Phi) is 16.6. The van der Waals surface area contributed by atoms with Crippen LogP contribution in [0.3, 0.4) is 0 Å². The van der Waals surface area contributed by atoms with E-state index in [2.05, 4.69) is 195 Å². The summed E-state index contributed by atoms with van der Waals surface area (Å²) in [6.45, 7) is 14.3. The van der Waals surface area contributed by atoms with Gasteiger partial charge in [-0.15, -0.1) is 0 Å². The van der Waals surface area contributed by atoms with Crippen molar-refractivity contribution in [1.82, 2.24) is 0 Å². The van der Waals surface area contributed by atoms with Crippen molar-refractivity contribution in [2.24, 2.45) is 4.99 Å². The number of aryl methyl sites for hydroxylation is 1.